The molecule has 1 aliphatic rings. The zero-order valence-corrected chi connectivity index (χ0v) is 12.7. The molecule has 1 aromatic heterocycles. The minimum absolute atomic E-state index is 0.207. The summed E-state index contributed by atoms with van der Waals surface area (Å²) < 4.78 is 40.4. The molecule has 1 atom stereocenters. The van der Waals surface area contributed by atoms with Crippen LogP contribution in [0, 0.1) is 0 Å². The Morgan fingerprint density at radius 3 is 2.57 bits per heavy atom. The van der Waals surface area contributed by atoms with Gasteiger partial charge in [-0.15, -0.1) is 0 Å². The lowest BCUT2D eigenvalue weighted by molar-refractivity contribution is -0.254. The van der Waals surface area contributed by atoms with Crippen LogP contribution in [0.25, 0.3) is 11.3 Å². The number of halogens is 3. The fraction of sp³-hybridized carbons (Fsp3) is 0.438. The second-order valence-corrected chi connectivity index (χ2v) is 6.03. The van der Waals surface area contributed by atoms with Gasteiger partial charge in [0.05, 0.1) is 5.69 Å². The Balaban J connectivity index is 1.80. The summed E-state index contributed by atoms with van der Waals surface area (Å²) in [6, 6.07) is 9.53. The van der Waals surface area contributed by atoms with Gasteiger partial charge in [0.1, 0.15) is 0 Å². The predicted octanol–water partition coefficient (Wildman–Crippen LogP) is 2.59. The minimum Gasteiger partial charge on any atom is -0.379 e. The van der Waals surface area contributed by atoms with E-state index in [9.17, 15) is 18.3 Å². The van der Waals surface area contributed by atoms with Gasteiger partial charge >= 0.3 is 6.18 Å². The molecule has 1 N–H and O–H groups in total. The van der Waals surface area contributed by atoms with E-state index in [-0.39, 0.29) is 13.0 Å². The molecule has 2 aromatic rings. The average Bonchev–Trinajstić information content (AvgIpc) is 3.04. The number of aromatic nitrogens is 2. The van der Waals surface area contributed by atoms with Crippen LogP contribution in [0.4, 0.5) is 13.2 Å². The van der Waals surface area contributed by atoms with E-state index < -0.39 is 18.3 Å². The number of β-amino-alcohol motifs (C(OH)–C–C–N with tert-alkyl or cyclic N) is 1. The highest BCUT2D eigenvalue weighted by Gasteiger charge is 2.56. The van der Waals surface area contributed by atoms with Crippen molar-refractivity contribution in [3.05, 3.63) is 42.1 Å². The maximum Gasteiger partial charge on any atom is 0.418 e. The van der Waals surface area contributed by atoms with Crippen molar-refractivity contribution < 1.29 is 18.3 Å². The molecule has 124 valence electrons. The molecule has 1 aliphatic heterocycles. The van der Waals surface area contributed by atoms with E-state index in [0.29, 0.717) is 6.54 Å². The van der Waals surface area contributed by atoms with Crippen molar-refractivity contribution in [1.82, 2.24) is 14.7 Å². The van der Waals surface area contributed by atoms with Gasteiger partial charge in [-0.05, 0) is 6.42 Å². The Morgan fingerprint density at radius 2 is 1.96 bits per heavy atom. The Kier molecular flexibility index (Phi) is 3.93. The zero-order valence-electron chi connectivity index (χ0n) is 12.7. The Morgan fingerprint density at radius 1 is 1.26 bits per heavy atom. The van der Waals surface area contributed by atoms with Crippen LogP contribution in [0.5, 0.6) is 0 Å². The summed E-state index contributed by atoms with van der Waals surface area (Å²) in [5.74, 6) is 0. The molecule has 0 saturated carbocycles. The van der Waals surface area contributed by atoms with Gasteiger partial charge in [-0.25, -0.2) is 0 Å². The molecule has 7 heteroatoms. The predicted molar refractivity (Wildman–Crippen MR) is 79.5 cm³/mol. The second-order valence-electron chi connectivity index (χ2n) is 6.03. The lowest BCUT2D eigenvalue weighted by atomic mass is 10.0. The third-order valence-corrected chi connectivity index (χ3v) is 4.20. The van der Waals surface area contributed by atoms with Crippen molar-refractivity contribution in [2.45, 2.75) is 24.7 Å². The number of rotatable bonds is 3. The van der Waals surface area contributed by atoms with Gasteiger partial charge in [-0.3, -0.25) is 9.58 Å². The molecule has 3 rings (SSSR count). The van der Waals surface area contributed by atoms with Crippen molar-refractivity contribution in [1.29, 1.82) is 0 Å². The molecule has 4 nitrogen and oxygen atoms in total. The molecule has 23 heavy (non-hydrogen) atoms. The van der Waals surface area contributed by atoms with Crippen LogP contribution < -0.4 is 0 Å². The molecule has 0 bridgehead atoms. The molecule has 0 aliphatic carbocycles. The molecule has 0 spiro atoms. The van der Waals surface area contributed by atoms with Crippen LogP contribution in [0.15, 0.2) is 36.5 Å². The number of nitrogens with zero attached hydrogens (tertiary/aromatic N) is 3. The SMILES string of the molecule is Cn1cc(CN2CC[C@@](O)(C(F)(F)F)C2)c(-c2ccccc2)n1. The molecule has 1 aromatic carbocycles. The van der Waals surface area contributed by atoms with Gasteiger partial charge in [-0.1, -0.05) is 30.3 Å². The molecule has 2 heterocycles. The lowest BCUT2D eigenvalue weighted by Gasteiger charge is -2.26. The molecule has 1 saturated heterocycles. The molecule has 0 unspecified atom stereocenters. The highest BCUT2D eigenvalue weighted by molar-refractivity contribution is 5.62. The summed E-state index contributed by atoms with van der Waals surface area (Å²) in [4.78, 5) is 1.62. The number of likely N-dealkylation sites (tertiary alicyclic amines) is 1. The Bertz CT molecular complexity index is 684. The zero-order chi connectivity index (χ0) is 16.7. The smallest absolute Gasteiger partial charge is 0.379 e. The Labute approximate surface area is 132 Å². The summed E-state index contributed by atoms with van der Waals surface area (Å²) in [6.45, 7) is 0.134. The fourth-order valence-corrected chi connectivity index (χ4v) is 2.97. The van der Waals surface area contributed by atoms with Gasteiger partial charge in [0.15, 0.2) is 5.60 Å². The number of hydrogen-bond acceptors (Lipinski definition) is 3. The number of aryl methyl sites for hydroxylation is 1. The first kappa shape index (κ1) is 16.0. The molecule has 0 amide bonds. The quantitative estimate of drug-likeness (QED) is 0.943. The lowest BCUT2D eigenvalue weighted by Crippen LogP contribution is -2.47. The van der Waals surface area contributed by atoms with Gasteiger partial charge in [0, 0.05) is 44.0 Å². The molecule has 1 fully saturated rings. The Hall–Kier alpha value is -1.86. The third kappa shape index (κ3) is 3.11. The van der Waals surface area contributed by atoms with Gasteiger partial charge < -0.3 is 5.11 Å². The summed E-state index contributed by atoms with van der Waals surface area (Å²) in [5.41, 5.74) is -0.0728. The first-order chi connectivity index (χ1) is 10.8. The van der Waals surface area contributed by atoms with E-state index in [2.05, 4.69) is 5.10 Å². The maximum atomic E-state index is 12.9. The first-order valence-corrected chi connectivity index (χ1v) is 7.38. The summed E-state index contributed by atoms with van der Waals surface area (Å²) in [5, 5.41) is 14.2. The molecular formula is C16H18F3N3O. The maximum absolute atomic E-state index is 12.9. The van der Waals surface area contributed by atoms with Crippen molar-refractivity contribution in [3.8, 4) is 11.3 Å². The standard InChI is InChI=1S/C16H18F3N3O/c1-21-9-13(14(20-21)12-5-3-2-4-6-12)10-22-8-7-15(23,11-22)16(17,18)19/h2-6,9,23H,7-8,10-11H2,1H3/t15-/m0/s1. The summed E-state index contributed by atoms with van der Waals surface area (Å²) >= 11 is 0. The van der Waals surface area contributed by atoms with Crippen LogP contribution in [-0.2, 0) is 13.6 Å². The van der Waals surface area contributed by atoms with Crippen molar-refractivity contribution in [2.24, 2.45) is 7.05 Å². The van der Waals surface area contributed by atoms with Crippen LogP contribution in [0.1, 0.15) is 12.0 Å². The third-order valence-electron chi connectivity index (χ3n) is 4.20. The number of aliphatic hydroxyl groups is 1. The first-order valence-electron chi connectivity index (χ1n) is 7.38. The van der Waals surface area contributed by atoms with Gasteiger partial charge in [-0.2, -0.15) is 18.3 Å². The van der Waals surface area contributed by atoms with Crippen molar-refractivity contribution >= 4 is 0 Å². The van der Waals surface area contributed by atoms with Crippen LogP contribution >= 0.6 is 0 Å². The van der Waals surface area contributed by atoms with E-state index >= 15 is 0 Å². The van der Waals surface area contributed by atoms with Crippen LogP contribution in [0.2, 0.25) is 0 Å². The minimum atomic E-state index is -4.60. The molecule has 0 radical (unpaired) electrons. The second kappa shape index (κ2) is 5.65. The number of benzene rings is 1. The van der Waals surface area contributed by atoms with Gasteiger partial charge in [0.2, 0.25) is 0 Å². The van der Waals surface area contributed by atoms with Crippen LogP contribution in [0.3, 0.4) is 0 Å². The van der Waals surface area contributed by atoms with E-state index in [1.54, 1.807) is 16.6 Å². The highest BCUT2D eigenvalue weighted by atomic mass is 19.4. The van der Waals surface area contributed by atoms with E-state index in [1.807, 2.05) is 36.5 Å². The van der Waals surface area contributed by atoms with Crippen molar-refractivity contribution in [2.75, 3.05) is 13.1 Å². The normalized spacial score (nSPS) is 22.7. The van der Waals surface area contributed by atoms with E-state index in [0.717, 1.165) is 16.8 Å². The fourth-order valence-electron chi connectivity index (χ4n) is 2.97. The van der Waals surface area contributed by atoms with E-state index in [4.69, 9.17) is 0 Å². The monoisotopic (exact) mass is 325 g/mol. The van der Waals surface area contributed by atoms with Crippen LogP contribution in [-0.4, -0.2) is 44.7 Å². The number of hydrogen-bond donors (Lipinski definition) is 1. The molecular weight excluding hydrogens is 307 g/mol. The topological polar surface area (TPSA) is 41.3 Å². The largest absolute Gasteiger partial charge is 0.418 e. The van der Waals surface area contributed by atoms with Gasteiger partial charge in [0.25, 0.3) is 0 Å². The highest BCUT2D eigenvalue weighted by Crippen LogP contribution is 2.38. The van der Waals surface area contributed by atoms with E-state index in [1.165, 1.54) is 0 Å². The number of alkyl halides is 3. The average molecular weight is 325 g/mol. The summed E-state index contributed by atoms with van der Waals surface area (Å²) in [6.07, 6.45) is -3.08. The summed E-state index contributed by atoms with van der Waals surface area (Å²) in [7, 11) is 1.78. The van der Waals surface area contributed by atoms with Crippen molar-refractivity contribution in [3.63, 3.8) is 0 Å².